The molecule has 1 aliphatic heterocycles. The molecule has 5 heteroatoms. The minimum atomic E-state index is 0.236. The molecule has 1 aromatic heterocycles. The Morgan fingerprint density at radius 2 is 1.91 bits per heavy atom. The number of fused-ring (bicyclic) bond motifs is 3. The summed E-state index contributed by atoms with van der Waals surface area (Å²) in [5.41, 5.74) is 3.72. The highest BCUT2D eigenvalue weighted by molar-refractivity contribution is 7.99. The van der Waals surface area contributed by atoms with Crippen LogP contribution in [0.15, 0.2) is 59.6 Å². The van der Waals surface area contributed by atoms with Gasteiger partial charge in [0.05, 0.1) is 23.4 Å². The molecule has 172 valence electrons. The summed E-state index contributed by atoms with van der Waals surface area (Å²) < 4.78 is 5.43. The number of carbonyl (C=O) groups is 1. The Hall–Kier alpha value is -2.53. The number of rotatable bonds is 5. The average molecular weight is 461 g/mol. The normalized spacial score (nSPS) is 23.6. The van der Waals surface area contributed by atoms with Crippen molar-refractivity contribution in [3.05, 3.63) is 54.6 Å². The van der Waals surface area contributed by atoms with Crippen LogP contribution in [0.1, 0.15) is 40.0 Å². The molecule has 2 bridgehead atoms. The van der Waals surface area contributed by atoms with Gasteiger partial charge in [0, 0.05) is 24.0 Å². The van der Waals surface area contributed by atoms with E-state index in [9.17, 15) is 4.79 Å². The van der Waals surface area contributed by atoms with Crippen LogP contribution in [-0.4, -0.2) is 41.2 Å². The molecule has 1 aliphatic carbocycles. The van der Waals surface area contributed by atoms with E-state index in [1.807, 2.05) is 18.2 Å². The lowest BCUT2D eigenvalue weighted by Gasteiger charge is -2.39. The third kappa shape index (κ3) is 4.48. The summed E-state index contributed by atoms with van der Waals surface area (Å²) in [5, 5.41) is 1.96. The molecule has 2 aromatic carbocycles. The third-order valence-electron chi connectivity index (χ3n) is 7.16. The number of nitrogens with zero attached hydrogens (tertiary/aromatic N) is 2. The smallest absolute Gasteiger partial charge is 0.233 e. The number of ether oxygens (including phenoxy) is 1. The molecule has 0 N–H and O–H groups in total. The first kappa shape index (κ1) is 22.3. The molecule has 2 heterocycles. The van der Waals surface area contributed by atoms with E-state index in [1.165, 1.54) is 6.42 Å². The highest BCUT2D eigenvalue weighted by Gasteiger charge is 2.50. The maximum atomic E-state index is 13.3. The molecule has 2 aliphatic rings. The van der Waals surface area contributed by atoms with Gasteiger partial charge in [-0.2, -0.15) is 0 Å². The van der Waals surface area contributed by atoms with E-state index >= 15 is 0 Å². The van der Waals surface area contributed by atoms with Crippen LogP contribution in [0.4, 0.5) is 0 Å². The molecular weight excluding hydrogens is 428 g/mol. The minimum absolute atomic E-state index is 0.236. The van der Waals surface area contributed by atoms with E-state index < -0.39 is 0 Å². The van der Waals surface area contributed by atoms with Gasteiger partial charge in [-0.3, -0.25) is 4.79 Å². The second-order valence-corrected chi connectivity index (χ2v) is 11.8. The zero-order chi connectivity index (χ0) is 23.2. The van der Waals surface area contributed by atoms with Gasteiger partial charge < -0.3 is 9.64 Å². The van der Waals surface area contributed by atoms with E-state index in [1.54, 1.807) is 18.9 Å². The van der Waals surface area contributed by atoms with E-state index in [4.69, 9.17) is 9.72 Å². The van der Waals surface area contributed by atoms with E-state index in [2.05, 4.69) is 62.1 Å². The monoisotopic (exact) mass is 460 g/mol. The van der Waals surface area contributed by atoms with Crippen LogP contribution in [-0.2, 0) is 4.79 Å². The van der Waals surface area contributed by atoms with Gasteiger partial charge in [-0.1, -0.05) is 62.9 Å². The topological polar surface area (TPSA) is 42.4 Å². The Balaban J connectivity index is 1.41. The number of hydrogen-bond donors (Lipinski definition) is 0. The lowest BCUT2D eigenvalue weighted by molar-refractivity contribution is -0.129. The number of amides is 1. The lowest BCUT2D eigenvalue weighted by atomic mass is 9.65. The van der Waals surface area contributed by atoms with Gasteiger partial charge in [0.25, 0.3) is 0 Å². The molecule has 0 unspecified atom stereocenters. The van der Waals surface area contributed by atoms with Crippen LogP contribution < -0.4 is 4.74 Å². The van der Waals surface area contributed by atoms with Crippen LogP contribution in [0.5, 0.6) is 5.75 Å². The van der Waals surface area contributed by atoms with Crippen LogP contribution in [0.25, 0.3) is 22.0 Å². The van der Waals surface area contributed by atoms with Crippen molar-refractivity contribution in [1.82, 2.24) is 9.88 Å². The van der Waals surface area contributed by atoms with E-state index in [0.717, 1.165) is 52.2 Å². The predicted molar refractivity (Wildman–Crippen MR) is 136 cm³/mol. The van der Waals surface area contributed by atoms with Crippen molar-refractivity contribution in [1.29, 1.82) is 0 Å². The van der Waals surface area contributed by atoms with Crippen molar-refractivity contribution in [3.63, 3.8) is 0 Å². The van der Waals surface area contributed by atoms with Gasteiger partial charge in [-0.05, 0) is 59.4 Å². The van der Waals surface area contributed by atoms with Gasteiger partial charge >= 0.3 is 0 Å². The van der Waals surface area contributed by atoms with Crippen LogP contribution >= 0.6 is 11.8 Å². The molecule has 5 rings (SSSR count). The largest absolute Gasteiger partial charge is 0.497 e. The van der Waals surface area contributed by atoms with Crippen molar-refractivity contribution in [2.75, 3.05) is 19.4 Å². The molecule has 33 heavy (non-hydrogen) atoms. The lowest BCUT2D eigenvalue weighted by Crippen LogP contribution is -2.38. The van der Waals surface area contributed by atoms with Crippen molar-refractivity contribution >= 4 is 28.6 Å². The molecule has 3 aromatic rings. The highest BCUT2D eigenvalue weighted by Crippen LogP contribution is 2.52. The van der Waals surface area contributed by atoms with Gasteiger partial charge in [-0.15, -0.1) is 0 Å². The molecule has 2 fully saturated rings. The van der Waals surface area contributed by atoms with Crippen LogP contribution in [0.2, 0.25) is 0 Å². The van der Waals surface area contributed by atoms with Crippen molar-refractivity contribution in [2.24, 2.45) is 10.8 Å². The van der Waals surface area contributed by atoms with E-state index in [0.29, 0.717) is 17.2 Å². The summed E-state index contributed by atoms with van der Waals surface area (Å²) in [6.45, 7) is 7.93. The molecule has 1 amide bonds. The standard InChI is InChI=1S/C28H32N2O2S/c1-27(2)14-20-15-28(3,17-27)18-30(20)26(31)16-33-25-13-23(19-8-6-5-7-9-19)22-11-10-21(32-4)12-24(22)29-25/h5-13,20H,14-18H2,1-4H3/t20-,28-/m0/s1. The summed E-state index contributed by atoms with van der Waals surface area (Å²) in [6, 6.07) is 18.9. The van der Waals surface area contributed by atoms with Gasteiger partial charge in [-0.25, -0.2) is 4.98 Å². The van der Waals surface area contributed by atoms with E-state index in [-0.39, 0.29) is 11.3 Å². The fourth-order valence-electron chi connectivity index (χ4n) is 6.21. The Labute approximate surface area is 200 Å². The second kappa shape index (κ2) is 8.35. The average Bonchev–Trinajstić information content (AvgIpc) is 3.05. The molecular formula is C28H32N2O2S. The fourth-order valence-corrected chi connectivity index (χ4v) is 7.01. The quantitative estimate of drug-likeness (QED) is 0.412. The maximum absolute atomic E-state index is 13.3. The fraction of sp³-hybridized carbons (Fsp3) is 0.429. The summed E-state index contributed by atoms with van der Waals surface area (Å²) in [4.78, 5) is 20.3. The summed E-state index contributed by atoms with van der Waals surface area (Å²) in [5.74, 6) is 1.44. The SMILES string of the molecule is COc1ccc2c(-c3ccccc3)cc(SCC(=O)N3C[C@@]4(C)C[C@@H]3CC(C)(C)C4)nc2c1. The Morgan fingerprint density at radius 3 is 2.67 bits per heavy atom. The Bertz CT molecular complexity index is 1190. The Kier molecular flexibility index (Phi) is 5.64. The number of pyridine rings is 1. The first-order valence-corrected chi connectivity index (χ1v) is 12.7. The molecule has 4 nitrogen and oxygen atoms in total. The maximum Gasteiger partial charge on any atom is 0.233 e. The molecule has 2 atom stereocenters. The first-order chi connectivity index (χ1) is 15.8. The predicted octanol–water partition coefficient (Wildman–Crippen LogP) is 6.43. The summed E-state index contributed by atoms with van der Waals surface area (Å²) >= 11 is 1.54. The first-order valence-electron chi connectivity index (χ1n) is 11.7. The zero-order valence-corrected chi connectivity index (χ0v) is 20.7. The number of aromatic nitrogens is 1. The van der Waals surface area contributed by atoms with Crippen LogP contribution in [0.3, 0.4) is 0 Å². The number of likely N-dealkylation sites (tertiary alicyclic amines) is 1. The minimum Gasteiger partial charge on any atom is -0.497 e. The van der Waals surface area contributed by atoms with Crippen molar-refractivity contribution in [2.45, 2.75) is 51.1 Å². The van der Waals surface area contributed by atoms with Gasteiger partial charge in [0.2, 0.25) is 5.91 Å². The van der Waals surface area contributed by atoms with Crippen molar-refractivity contribution < 1.29 is 9.53 Å². The molecule has 0 radical (unpaired) electrons. The summed E-state index contributed by atoms with van der Waals surface area (Å²) in [7, 11) is 1.67. The zero-order valence-electron chi connectivity index (χ0n) is 19.9. The van der Waals surface area contributed by atoms with Crippen LogP contribution in [0, 0.1) is 10.8 Å². The molecule has 0 spiro atoms. The summed E-state index contributed by atoms with van der Waals surface area (Å²) in [6.07, 6.45) is 3.44. The third-order valence-corrected chi connectivity index (χ3v) is 8.05. The Morgan fingerprint density at radius 1 is 1.12 bits per heavy atom. The molecule has 1 saturated heterocycles. The second-order valence-electron chi connectivity index (χ2n) is 10.8. The number of hydrogen-bond acceptors (Lipinski definition) is 4. The number of thioether (sulfide) groups is 1. The highest BCUT2D eigenvalue weighted by atomic mass is 32.2. The van der Waals surface area contributed by atoms with Gasteiger partial charge in [0.15, 0.2) is 0 Å². The number of benzene rings is 2. The molecule has 1 saturated carbocycles. The van der Waals surface area contributed by atoms with Gasteiger partial charge in [0.1, 0.15) is 5.75 Å². The number of carbonyl (C=O) groups excluding carboxylic acids is 1. The van der Waals surface area contributed by atoms with Crippen molar-refractivity contribution in [3.8, 4) is 16.9 Å². The number of methoxy groups -OCH3 is 1.